The zero-order valence-electron chi connectivity index (χ0n) is 14.6. The number of rotatable bonds is 5. The van der Waals surface area contributed by atoms with E-state index in [0.717, 1.165) is 0 Å². The predicted octanol–water partition coefficient (Wildman–Crippen LogP) is 2.93. The smallest absolute Gasteiger partial charge is 0.251 e. The summed E-state index contributed by atoms with van der Waals surface area (Å²) in [6, 6.07) is 2.45. The van der Waals surface area contributed by atoms with Crippen LogP contribution in [0.25, 0.3) is 20.9 Å². The minimum Gasteiger partial charge on any atom is -0.340 e. The van der Waals surface area contributed by atoms with Gasteiger partial charge in [0.1, 0.15) is 11.2 Å². The van der Waals surface area contributed by atoms with Gasteiger partial charge in [-0.3, -0.25) is 15.5 Å². The van der Waals surface area contributed by atoms with Gasteiger partial charge in [0, 0.05) is 29.0 Å². The van der Waals surface area contributed by atoms with Gasteiger partial charge in [-0.1, -0.05) is 44.4 Å². The van der Waals surface area contributed by atoms with Crippen molar-refractivity contribution in [3.63, 3.8) is 0 Å². The Hall–Kier alpha value is -2.02. The quantitative estimate of drug-likeness (QED) is 0.0926. The monoisotopic (exact) mass is 517 g/mol. The Kier molecular flexibility index (Phi) is 6.65. The van der Waals surface area contributed by atoms with Crippen molar-refractivity contribution in [3.8, 4) is 0 Å². The predicted molar refractivity (Wildman–Crippen MR) is 113 cm³/mol. The Morgan fingerprint density at radius 3 is 2.71 bits per heavy atom. The molecule has 3 rings (SSSR count). The van der Waals surface area contributed by atoms with Gasteiger partial charge in [-0.15, -0.1) is 0 Å². The average Bonchev–Trinajstić information content (AvgIpc) is 2.67. The Labute approximate surface area is 179 Å². The molecule has 0 bridgehead atoms. The molecule has 0 saturated carbocycles. The highest BCUT2D eigenvalue weighted by molar-refractivity contribution is 14.1. The van der Waals surface area contributed by atoms with Gasteiger partial charge in [-0.2, -0.15) is 0 Å². The lowest BCUT2D eigenvalue weighted by molar-refractivity contribution is -0.120. The summed E-state index contributed by atoms with van der Waals surface area (Å²) in [6.45, 7) is 1.25. The Bertz CT molecular complexity index is 848. The number of halogens is 2. The third kappa shape index (κ3) is 4.04. The van der Waals surface area contributed by atoms with Crippen LogP contribution in [0.4, 0.5) is 11.5 Å². The molecule has 3 heterocycles. The molecule has 0 radical (unpaired) electrons. The van der Waals surface area contributed by atoms with Crippen LogP contribution in [0.3, 0.4) is 0 Å². The summed E-state index contributed by atoms with van der Waals surface area (Å²) in [4.78, 5) is 26.6. The number of hydrazine groups is 1. The van der Waals surface area contributed by atoms with Crippen molar-refractivity contribution in [2.75, 3.05) is 29.4 Å². The molecule has 0 aromatic carbocycles. The van der Waals surface area contributed by atoms with Gasteiger partial charge in [0.2, 0.25) is 0 Å². The second-order valence-electron chi connectivity index (χ2n) is 6.30. The number of pyridine rings is 1. The van der Waals surface area contributed by atoms with Crippen molar-refractivity contribution >= 4 is 51.6 Å². The zero-order valence-corrected chi connectivity index (χ0v) is 17.5. The van der Waals surface area contributed by atoms with E-state index in [9.17, 15) is 4.79 Å². The van der Waals surface area contributed by atoms with Gasteiger partial charge in [0.05, 0.1) is 12.2 Å². The molecule has 1 aromatic rings. The number of hydrogen-bond donors (Lipinski definition) is 1. The normalized spacial score (nSPS) is 21.5. The molecule has 2 N–H and O–H groups in total. The van der Waals surface area contributed by atoms with Gasteiger partial charge in [0.25, 0.3) is 5.91 Å². The first-order chi connectivity index (χ1) is 13.5. The molecule has 2 aliphatic heterocycles. The number of piperidine rings is 1. The summed E-state index contributed by atoms with van der Waals surface area (Å²) in [5.74, 6) is 6.04. The van der Waals surface area contributed by atoms with Crippen molar-refractivity contribution in [1.82, 2.24) is 9.99 Å². The Morgan fingerprint density at radius 1 is 1.36 bits per heavy atom. The molecule has 0 aliphatic carbocycles. The summed E-state index contributed by atoms with van der Waals surface area (Å²) in [5.41, 5.74) is 18.1. The van der Waals surface area contributed by atoms with Crippen LogP contribution in [-0.4, -0.2) is 51.8 Å². The standard InChI is InChI=1S/C14H17ClIN11O/c15-11-2-1-9-12(21-11)26(8-3-5-25(19)6-4-8)10(7-20-23-17)13(28)27(9)14(16)22-24-18/h1-2,8,10,14H,3-7,19H2/t10-,14?/m1/s1. The van der Waals surface area contributed by atoms with E-state index in [4.69, 9.17) is 28.5 Å². The van der Waals surface area contributed by atoms with Crippen LogP contribution < -0.4 is 15.6 Å². The maximum Gasteiger partial charge on any atom is 0.251 e. The van der Waals surface area contributed by atoms with E-state index in [2.05, 4.69) is 25.0 Å². The average molecular weight is 518 g/mol. The first-order valence-corrected chi connectivity index (χ1v) is 10.1. The lowest BCUT2D eigenvalue weighted by Gasteiger charge is -2.47. The van der Waals surface area contributed by atoms with E-state index < -0.39 is 10.2 Å². The lowest BCUT2D eigenvalue weighted by atomic mass is 9.99. The third-order valence-corrected chi connectivity index (χ3v) is 5.77. The number of azide groups is 2. The number of alkyl halides is 1. The first-order valence-electron chi connectivity index (χ1n) is 8.44. The lowest BCUT2D eigenvalue weighted by Crippen LogP contribution is -2.61. The fourth-order valence-corrected chi connectivity index (χ4v) is 4.36. The fourth-order valence-electron chi connectivity index (χ4n) is 3.53. The van der Waals surface area contributed by atoms with Crippen LogP contribution in [0.15, 0.2) is 22.4 Å². The maximum atomic E-state index is 13.3. The Balaban J connectivity index is 2.12. The molecule has 1 unspecified atom stereocenters. The highest BCUT2D eigenvalue weighted by atomic mass is 127. The van der Waals surface area contributed by atoms with E-state index in [1.165, 1.54) is 4.90 Å². The SMILES string of the molecule is [N-]=[N+]=NC[C@@H]1C(=O)N(C(I)N=[N+]=[N-])c2ccc(Cl)nc2N1C1CCN(N)CC1. The van der Waals surface area contributed by atoms with Crippen LogP contribution in [0.1, 0.15) is 12.8 Å². The van der Waals surface area contributed by atoms with Crippen molar-refractivity contribution in [1.29, 1.82) is 0 Å². The number of amides is 1. The fraction of sp³-hybridized carbons (Fsp3) is 0.571. The minimum absolute atomic E-state index is 0.0263. The largest absolute Gasteiger partial charge is 0.340 e. The highest BCUT2D eigenvalue weighted by Gasteiger charge is 2.44. The first kappa shape index (κ1) is 20.7. The van der Waals surface area contributed by atoms with E-state index in [-0.39, 0.29) is 23.6 Å². The van der Waals surface area contributed by atoms with Crippen molar-refractivity contribution in [2.45, 2.75) is 29.1 Å². The molecular formula is C14H17ClIN11O. The molecule has 1 fully saturated rings. The molecular weight excluding hydrogens is 501 g/mol. The third-order valence-electron chi connectivity index (χ3n) is 4.75. The second kappa shape index (κ2) is 8.99. The van der Waals surface area contributed by atoms with Gasteiger partial charge in [0.15, 0.2) is 9.99 Å². The summed E-state index contributed by atoms with van der Waals surface area (Å²) >= 11 is 8.02. The molecule has 0 spiro atoms. The molecule has 1 amide bonds. The van der Waals surface area contributed by atoms with E-state index >= 15 is 0 Å². The number of carbonyl (C=O) groups is 1. The topological polar surface area (TPSA) is 163 Å². The van der Waals surface area contributed by atoms with Crippen LogP contribution in [0.2, 0.25) is 5.15 Å². The van der Waals surface area contributed by atoms with E-state index in [1.807, 2.05) is 27.5 Å². The summed E-state index contributed by atoms with van der Waals surface area (Å²) in [7, 11) is 0. The van der Waals surface area contributed by atoms with Crippen LogP contribution in [0, 0.1) is 0 Å². The van der Waals surface area contributed by atoms with E-state index in [0.29, 0.717) is 37.4 Å². The molecule has 14 heteroatoms. The molecule has 12 nitrogen and oxygen atoms in total. The summed E-state index contributed by atoms with van der Waals surface area (Å²) in [5, 5.41) is 9.28. The van der Waals surface area contributed by atoms with Gasteiger partial charge >= 0.3 is 0 Å². The molecule has 1 aromatic heterocycles. The number of hydrogen-bond acceptors (Lipinski definition) is 7. The number of aromatic nitrogens is 1. The van der Waals surface area contributed by atoms with Crippen molar-refractivity contribution < 1.29 is 4.79 Å². The van der Waals surface area contributed by atoms with Crippen LogP contribution in [-0.2, 0) is 4.79 Å². The molecule has 2 atom stereocenters. The van der Waals surface area contributed by atoms with Crippen LogP contribution in [0.5, 0.6) is 0 Å². The highest BCUT2D eigenvalue weighted by Crippen LogP contribution is 2.40. The van der Waals surface area contributed by atoms with Gasteiger partial charge in [-0.05, 0) is 36.0 Å². The summed E-state index contributed by atoms with van der Waals surface area (Å²) < 4.78 is -0.807. The Morgan fingerprint density at radius 2 is 2.07 bits per heavy atom. The minimum atomic E-state index is -0.807. The number of carbonyl (C=O) groups excluding carboxylic acids is 1. The maximum absolute atomic E-state index is 13.3. The second-order valence-corrected chi connectivity index (χ2v) is 7.81. The van der Waals surface area contributed by atoms with E-state index in [1.54, 1.807) is 17.1 Å². The number of fused-ring (bicyclic) bond motifs is 1. The van der Waals surface area contributed by atoms with Gasteiger partial charge < -0.3 is 4.90 Å². The number of nitrogens with two attached hydrogens (primary N) is 1. The van der Waals surface area contributed by atoms with Crippen molar-refractivity contribution in [2.24, 2.45) is 16.1 Å². The van der Waals surface area contributed by atoms with Gasteiger partial charge in [-0.25, -0.2) is 9.99 Å². The molecule has 1 saturated heterocycles. The number of anilines is 2. The summed E-state index contributed by atoms with van der Waals surface area (Å²) in [6.07, 6.45) is 1.43. The number of nitrogens with zero attached hydrogens (tertiary/aromatic N) is 10. The molecule has 2 aliphatic rings. The molecule has 148 valence electrons. The zero-order chi connectivity index (χ0) is 20.3. The van der Waals surface area contributed by atoms with Crippen LogP contribution >= 0.6 is 34.2 Å². The van der Waals surface area contributed by atoms with Crippen molar-refractivity contribution in [3.05, 3.63) is 38.2 Å². The molecule has 28 heavy (non-hydrogen) atoms.